The van der Waals surface area contributed by atoms with Crippen molar-refractivity contribution in [3.05, 3.63) is 21.9 Å². The van der Waals surface area contributed by atoms with Crippen molar-refractivity contribution in [2.24, 2.45) is 5.14 Å². The van der Waals surface area contributed by atoms with E-state index in [9.17, 15) is 44.9 Å². The third-order valence-electron chi connectivity index (χ3n) is 1.95. The number of rotatable bonds is 3. The normalized spacial score (nSPS) is 13.0. The fraction of sp³-hybridized carbons (Fsp3) is 0.286. The first kappa shape index (κ1) is 17.9. The van der Waals surface area contributed by atoms with Gasteiger partial charge in [0.15, 0.2) is 5.56 Å². The van der Waals surface area contributed by atoms with Gasteiger partial charge in [-0.3, -0.25) is 10.1 Å². The van der Waals surface area contributed by atoms with E-state index >= 15 is 0 Å². The van der Waals surface area contributed by atoms with E-state index in [1.807, 2.05) is 0 Å². The van der Waals surface area contributed by atoms with Crippen LogP contribution < -0.4 is 9.88 Å². The topological polar surface area (TPSA) is 125 Å². The maximum Gasteiger partial charge on any atom is 0.573 e. The Bertz CT molecular complexity index is 713. The van der Waals surface area contributed by atoms with Crippen molar-refractivity contribution in [3.8, 4) is 5.75 Å². The molecule has 0 spiro atoms. The lowest BCUT2D eigenvalue weighted by atomic mass is 10.2. The van der Waals surface area contributed by atoms with Crippen LogP contribution in [0.3, 0.4) is 0 Å². The predicted molar refractivity (Wildman–Crippen MR) is 53.9 cm³/mol. The van der Waals surface area contributed by atoms with Gasteiger partial charge in [-0.2, -0.15) is 13.2 Å². The first-order valence-corrected chi connectivity index (χ1v) is 6.22. The third kappa shape index (κ3) is 3.94. The van der Waals surface area contributed by atoms with Crippen LogP contribution >= 0.6 is 0 Å². The fourth-order valence-corrected chi connectivity index (χ4v) is 1.86. The molecule has 0 aliphatic heterocycles. The zero-order chi connectivity index (χ0) is 17.5. The monoisotopic (exact) mass is 355 g/mol. The molecular formula is C7H3F6N3O5S. The number of alkyl halides is 6. The number of hydrogen-bond acceptors (Lipinski definition) is 6. The highest BCUT2D eigenvalue weighted by Gasteiger charge is 2.46. The molecule has 0 atom stereocenters. The van der Waals surface area contributed by atoms with Crippen LogP contribution in [0.25, 0.3) is 0 Å². The molecule has 0 saturated carbocycles. The van der Waals surface area contributed by atoms with E-state index < -0.39 is 49.5 Å². The molecule has 0 radical (unpaired) electrons. The van der Waals surface area contributed by atoms with Gasteiger partial charge < -0.3 is 4.74 Å². The highest BCUT2D eigenvalue weighted by atomic mass is 32.2. The first-order valence-electron chi connectivity index (χ1n) is 4.67. The van der Waals surface area contributed by atoms with Crippen molar-refractivity contribution in [2.75, 3.05) is 0 Å². The molecule has 0 bridgehead atoms. The van der Waals surface area contributed by atoms with Crippen LogP contribution in [-0.2, 0) is 16.2 Å². The minimum absolute atomic E-state index is 0.332. The Morgan fingerprint density at radius 3 is 2.05 bits per heavy atom. The summed E-state index contributed by atoms with van der Waals surface area (Å²) in [6.45, 7) is 0. The smallest absolute Gasteiger partial charge is 0.395 e. The van der Waals surface area contributed by atoms with Gasteiger partial charge in [-0.05, 0) is 0 Å². The number of hydrogen-bond donors (Lipinski definition) is 1. The molecule has 0 aliphatic carbocycles. The van der Waals surface area contributed by atoms with Crippen LogP contribution in [-0.4, -0.2) is 24.7 Å². The van der Waals surface area contributed by atoms with E-state index in [0.717, 1.165) is 0 Å². The molecule has 22 heavy (non-hydrogen) atoms. The number of pyridine rings is 1. The van der Waals surface area contributed by atoms with E-state index in [1.165, 1.54) is 0 Å². The second-order valence-electron chi connectivity index (χ2n) is 3.50. The van der Waals surface area contributed by atoms with Gasteiger partial charge in [-0.1, -0.05) is 0 Å². The molecule has 2 N–H and O–H groups in total. The molecule has 1 heterocycles. The summed E-state index contributed by atoms with van der Waals surface area (Å²) in [5.41, 5.74) is -4.51. The van der Waals surface area contributed by atoms with Crippen molar-refractivity contribution in [1.82, 2.24) is 4.98 Å². The second kappa shape index (κ2) is 5.24. The van der Waals surface area contributed by atoms with Crippen LogP contribution in [0.5, 0.6) is 5.75 Å². The van der Waals surface area contributed by atoms with Crippen LogP contribution in [0.4, 0.5) is 32.0 Å². The average molecular weight is 355 g/mol. The van der Waals surface area contributed by atoms with Gasteiger partial charge in [-0.25, -0.2) is 18.5 Å². The predicted octanol–water partition coefficient (Wildman–Crippen LogP) is 1.55. The Labute approximate surface area is 116 Å². The Hall–Kier alpha value is -2.16. The summed E-state index contributed by atoms with van der Waals surface area (Å²) in [7, 11) is -5.13. The van der Waals surface area contributed by atoms with Crippen molar-refractivity contribution in [1.29, 1.82) is 0 Å². The molecule has 0 aromatic carbocycles. The molecule has 0 amide bonds. The minimum atomic E-state index is -5.73. The summed E-state index contributed by atoms with van der Waals surface area (Å²) in [6.07, 6.45) is -11.5. The number of nitrogens with zero attached hydrogens (tertiary/aromatic N) is 2. The maximum absolute atomic E-state index is 12.6. The zero-order valence-electron chi connectivity index (χ0n) is 9.77. The number of primary sulfonamides is 1. The summed E-state index contributed by atoms with van der Waals surface area (Å²) in [5.74, 6) is -2.27. The highest BCUT2D eigenvalue weighted by molar-refractivity contribution is 7.89. The van der Waals surface area contributed by atoms with Gasteiger partial charge in [0.05, 0.1) is 4.92 Å². The standard InChI is InChI=1S/C7H3F6N3O5S/c8-6(9,10)2-1-15-5(22(14,19)20)4(3(2)16(17)18)21-7(11,12)13/h1H,(H2,14,19,20). The number of sulfonamides is 1. The van der Waals surface area contributed by atoms with Crippen molar-refractivity contribution < 1.29 is 44.4 Å². The van der Waals surface area contributed by atoms with Gasteiger partial charge in [0.2, 0.25) is 10.8 Å². The number of ether oxygens (including phenoxy) is 1. The molecule has 1 aromatic rings. The summed E-state index contributed by atoms with van der Waals surface area (Å²) in [4.78, 5) is 11.3. The zero-order valence-corrected chi connectivity index (χ0v) is 10.6. The number of nitrogens with two attached hydrogens (primary N) is 1. The summed E-state index contributed by atoms with van der Waals surface area (Å²) in [5, 5.41) is 13.3. The molecule has 0 unspecified atom stereocenters. The van der Waals surface area contributed by atoms with E-state index in [2.05, 4.69) is 14.9 Å². The molecule has 1 rings (SSSR count). The molecule has 124 valence electrons. The lowest BCUT2D eigenvalue weighted by Crippen LogP contribution is -2.24. The Morgan fingerprint density at radius 2 is 1.73 bits per heavy atom. The van der Waals surface area contributed by atoms with Crippen molar-refractivity contribution in [2.45, 2.75) is 17.6 Å². The Morgan fingerprint density at radius 1 is 1.23 bits per heavy atom. The molecule has 1 aromatic heterocycles. The Kier molecular flexibility index (Phi) is 4.26. The number of aromatic nitrogens is 1. The number of nitro groups is 1. The van der Waals surface area contributed by atoms with Gasteiger partial charge >= 0.3 is 18.2 Å². The van der Waals surface area contributed by atoms with Crippen LogP contribution in [0, 0.1) is 10.1 Å². The van der Waals surface area contributed by atoms with E-state index in [-0.39, 0.29) is 6.20 Å². The van der Waals surface area contributed by atoms with Crippen LogP contribution in [0.1, 0.15) is 5.56 Å². The number of halogens is 6. The van der Waals surface area contributed by atoms with Gasteiger partial charge in [-0.15, -0.1) is 13.2 Å². The lowest BCUT2D eigenvalue weighted by molar-refractivity contribution is -0.392. The molecule has 0 fully saturated rings. The molecule has 8 nitrogen and oxygen atoms in total. The average Bonchev–Trinajstić information content (AvgIpc) is 2.22. The lowest BCUT2D eigenvalue weighted by Gasteiger charge is -2.14. The third-order valence-corrected chi connectivity index (χ3v) is 2.78. The van der Waals surface area contributed by atoms with Crippen LogP contribution in [0.2, 0.25) is 0 Å². The Balaban J connectivity index is 3.88. The van der Waals surface area contributed by atoms with E-state index in [4.69, 9.17) is 0 Å². The van der Waals surface area contributed by atoms with E-state index in [0.29, 0.717) is 0 Å². The maximum atomic E-state index is 12.6. The van der Waals surface area contributed by atoms with Gasteiger partial charge in [0, 0.05) is 6.20 Å². The quantitative estimate of drug-likeness (QED) is 0.498. The van der Waals surface area contributed by atoms with Gasteiger partial charge in [0.25, 0.3) is 10.0 Å². The molecular weight excluding hydrogens is 352 g/mol. The largest absolute Gasteiger partial charge is 0.573 e. The first-order chi connectivity index (χ1) is 9.64. The van der Waals surface area contributed by atoms with Crippen molar-refractivity contribution >= 4 is 15.7 Å². The minimum Gasteiger partial charge on any atom is -0.395 e. The van der Waals surface area contributed by atoms with E-state index in [1.54, 1.807) is 0 Å². The second-order valence-corrected chi connectivity index (χ2v) is 4.98. The molecule has 15 heteroatoms. The SMILES string of the molecule is NS(=O)(=O)c1ncc(C(F)(F)F)c([N+](=O)[O-])c1OC(F)(F)F. The summed E-state index contributed by atoms with van der Waals surface area (Å²) in [6, 6.07) is 0. The highest BCUT2D eigenvalue weighted by Crippen LogP contribution is 2.44. The van der Waals surface area contributed by atoms with Crippen LogP contribution in [0.15, 0.2) is 11.2 Å². The van der Waals surface area contributed by atoms with Gasteiger partial charge in [0.1, 0.15) is 0 Å². The fourth-order valence-electron chi connectivity index (χ4n) is 1.27. The molecule has 0 aliphatic rings. The molecule has 0 saturated heterocycles. The summed E-state index contributed by atoms with van der Waals surface area (Å²) >= 11 is 0. The summed E-state index contributed by atoms with van der Waals surface area (Å²) < 4.78 is 99.4. The van der Waals surface area contributed by atoms with Crippen molar-refractivity contribution in [3.63, 3.8) is 0 Å².